The largest absolute Gasteiger partial charge is 0.483 e. The smallest absolute Gasteiger partial charge is 0.301 e. The average Bonchev–Trinajstić information content (AvgIpc) is 2.84. The van der Waals surface area contributed by atoms with Gasteiger partial charge in [-0.3, -0.25) is 4.79 Å². The number of ether oxygens (including phenoxy) is 1. The number of nitrogens with one attached hydrogen (secondary N) is 2. The number of hydrogen-bond acceptors (Lipinski definition) is 9. The number of alkyl halides is 2. The number of halogens is 2. The molecule has 37 heavy (non-hydrogen) atoms. The molecule has 10 nitrogen and oxygen atoms in total. The number of nitrogens with zero attached hydrogens (tertiary/aromatic N) is 5. The molecule has 1 amide bonds. The van der Waals surface area contributed by atoms with Crippen molar-refractivity contribution in [3.05, 3.63) is 65.5 Å². The lowest BCUT2D eigenvalue weighted by atomic mass is 10.0. The van der Waals surface area contributed by atoms with Crippen LogP contribution in [-0.4, -0.2) is 61.8 Å². The Labute approximate surface area is 213 Å². The quantitative estimate of drug-likeness (QED) is 0.369. The Morgan fingerprint density at radius 1 is 1.41 bits per heavy atom. The number of allylic oxidation sites excluding steroid dienone is 3. The van der Waals surface area contributed by atoms with Crippen molar-refractivity contribution in [3.63, 3.8) is 0 Å². The van der Waals surface area contributed by atoms with Crippen LogP contribution in [0.25, 0.3) is 11.4 Å². The normalized spacial score (nSPS) is 19.1. The van der Waals surface area contributed by atoms with Crippen LogP contribution < -0.4 is 10.1 Å². The zero-order valence-corrected chi connectivity index (χ0v) is 21.0. The Bertz CT molecular complexity index is 1400. The SMILES string of the molecule is C=C(/C=C\C(=C/C)S(C)(=N)=O)Nc1ncnc(-c2ccc(O[C@H]3CCN(C=O)CC3(F)F)c(C#N)c2)n1. The van der Waals surface area contributed by atoms with Crippen LogP contribution in [0.2, 0.25) is 0 Å². The minimum Gasteiger partial charge on any atom is -0.483 e. The molecule has 1 fully saturated rings. The summed E-state index contributed by atoms with van der Waals surface area (Å²) in [6, 6.07) is 6.30. The number of likely N-dealkylation sites (tertiary alicyclic amines) is 1. The summed E-state index contributed by atoms with van der Waals surface area (Å²) in [5.74, 6) is -2.93. The molecule has 13 heteroatoms. The second-order valence-corrected chi connectivity index (χ2v) is 10.4. The van der Waals surface area contributed by atoms with E-state index in [0.717, 1.165) is 4.90 Å². The first-order valence-electron chi connectivity index (χ1n) is 11.0. The van der Waals surface area contributed by atoms with Crippen LogP contribution >= 0.6 is 0 Å². The zero-order valence-electron chi connectivity index (χ0n) is 20.1. The molecule has 0 saturated carbocycles. The standard InChI is InChI=1S/C24H25F2N7O3S/c1-4-19(37(3,28)35)7-5-16(2)31-23-30-14-29-22(32-23)17-6-8-20(18(11-17)12-27)36-21-9-10-33(15-34)13-24(21,25)26/h4-8,11,14-15,21,28H,2,9-10,13H2,1,3H3,(H,29,30,31,32)/b7-5-,19-4+/t21-,37?/m0/s1. The molecule has 2 heterocycles. The van der Waals surface area contributed by atoms with Crippen LogP contribution in [0.1, 0.15) is 18.9 Å². The summed E-state index contributed by atoms with van der Waals surface area (Å²) in [7, 11) is -2.89. The average molecular weight is 530 g/mol. The van der Waals surface area contributed by atoms with E-state index in [1.54, 1.807) is 13.0 Å². The molecular formula is C24H25F2N7O3S. The maximum absolute atomic E-state index is 14.4. The van der Waals surface area contributed by atoms with E-state index in [9.17, 15) is 23.0 Å². The molecule has 194 valence electrons. The first-order chi connectivity index (χ1) is 17.5. The minimum atomic E-state index is -3.27. The summed E-state index contributed by atoms with van der Waals surface area (Å²) in [4.78, 5) is 24.6. The van der Waals surface area contributed by atoms with Crippen molar-refractivity contribution in [1.82, 2.24) is 19.9 Å². The lowest BCUT2D eigenvalue weighted by Gasteiger charge is -2.36. The van der Waals surface area contributed by atoms with Crippen molar-refractivity contribution in [1.29, 1.82) is 10.0 Å². The molecule has 2 atom stereocenters. The van der Waals surface area contributed by atoms with Crippen molar-refractivity contribution < 1.29 is 22.5 Å². The van der Waals surface area contributed by atoms with Gasteiger partial charge in [0.05, 0.1) is 21.8 Å². The summed E-state index contributed by atoms with van der Waals surface area (Å²) in [5.41, 5.74) is 0.808. The summed E-state index contributed by atoms with van der Waals surface area (Å²) in [6.07, 6.45) is 6.01. The Morgan fingerprint density at radius 2 is 2.16 bits per heavy atom. The minimum absolute atomic E-state index is 0.0110. The van der Waals surface area contributed by atoms with Crippen molar-refractivity contribution in [3.8, 4) is 23.2 Å². The van der Waals surface area contributed by atoms with Crippen molar-refractivity contribution in [2.45, 2.75) is 25.4 Å². The van der Waals surface area contributed by atoms with Crippen LogP contribution in [0.15, 0.2) is 59.9 Å². The molecule has 1 aliphatic heterocycles. The van der Waals surface area contributed by atoms with Crippen molar-refractivity contribution in [2.75, 3.05) is 24.7 Å². The maximum atomic E-state index is 14.4. The third kappa shape index (κ3) is 6.95. The van der Waals surface area contributed by atoms with Crippen molar-refractivity contribution >= 4 is 22.1 Å². The number of rotatable bonds is 9. The first-order valence-corrected chi connectivity index (χ1v) is 12.9. The van der Waals surface area contributed by atoms with Gasteiger partial charge >= 0.3 is 5.92 Å². The molecule has 1 aromatic heterocycles. The van der Waals surface area contributed by atoms with E-state index < -0.39 is 28.3 Å². The van der Waals surface area contributed by atoms with E-state index in [2.05, 4.69) is 26.8 Å². The number of amides is 1. The molecule has 0 bridgehead atoms. The van der Waals surface area contributed by atoms with E-state index in [-0.39, 0.29) is 36.1 Å². The summed E-state index contributed by atoms with van der Waals surface area (Å²) in [5, 5.41) is 12.5. The van der Waals surface area contributed by atoms with Crippen LogP contribution in [0.5, 0.6) is 5.75 Å². The topological polar surface area (TPSA) is 145 Å². The number of carbonyl (C=O) groups excluding carboxylic acids is 1. The zero-order chi connectivity index (χ0) is 27.2. The maximum Gasteiger partial charge on any atom is 0.301 e. The number of aromatic nitrogens is 3. The predicted molar refractivity (Wildman–Crippen MR) is 134 cm³/mol. The molecular weight excluding hydrogens is 504 g/mol. The summed E-state index contributed by atoms with van der Waals surface area (Å²) in [6.45, 7) is 4.89. The molecule has 1 aromatic carbocycles. The second-order valence-electron chi connectivity index (χ2n) is 8.21. The highest BCUT2D eigenvalue weighted by Gasteiger charge is 2.46. The number of nitriles is 1. The number of benzene rings is 1. The van der Waals surface area contributed by atoms with Gasteiger partial charge in [0.15, 0.2) is 11.9 Å². The van der Waals surface area contributed by atoms with E-state index in [1.165, 1.54) is 42.9 Å². The van der Waals surface area contributed by atoms with Gasteiger partial charge in [0.1, 0.15) is 18.1 Å². The van der Waals surface area contributed by atoms with Gasteiger partial charge in [-0.2, -0.15) is 10.2 Å². The molecule has 0 spiro atoms. The molecule has 2 aromatic rings. The van der Waals surface area contributed by atoms with E-state index in [1.807, 2.05) is 6.07 Å². The lowest BCUT2D eigenvalue weighted by molar-refractivity contribution is -0.151. The summed E-state index contributed by atoms with van der Waals surface area (Å²) < 4.78 is 53.9. The molecule has 2 N–H and O–H groups in total. The second kappa shape index (κ2) is 11.3. The monoisotopic (exact) mass is 529 g/mol. The van der Waals surface area contributed by atoms with Gasteiger partial charge in [-0.25, -0.2) is 27.7 Å². The van der Waals surface area contributed by atoms with E-state index >= 15 is 0 Å². The van der Waals surface area contributed by atoms with Gasteiger partial charge < -0.3 is 15.0 Å². The highest BCUT2D eigenvalue weighted by Crippen LogP contribution is 2.33. The fourth-order valence-corrected chi connectivity index (χ4v) is 4.29. The van der Waals surface area contributed by atoms with Gasteiger partial charge in [-0.1, -0.05) is 12.7 Å². The van der Waals surface area contributed by atoms with Crippen molar-refractivity contribution in [2.24, 2.45) is 0 Å². The molecule has 1 unspecified atom stereocenters. The third-order valence-electron chi connectivity index (χ3n) is 5.37. The molecule has 0 radical (unpaired) electrons. The fourth-order valence-electron chi connectivity index (χ4n) is 3.51. The Balaban J connectivity index is 1.77. The highest BCUT2D eigenvalue weighted by atomic mass is 32.2. The number of hydrogen-bond donors (Lipinski definition) is 2. The lowest BCUT2D eigenvalue weighted by Crippen LogP contribution is -2.53. The van der Waals surface area contributed by atoms with Crippen LogP contribution in [-0.2, 0) is 14.5 Å². The number of carbonyl (C=O) groups is 1. The van der Waals surface area contributed by atoms with Crippen LogP contribution in [0.4, 0.5) is 14.7 Å². The van der Waals surface area contributed by atoms with Gasteiger partial charge in [0.2, 0.25) is 12.4 Å². The Kier molecular flexibility index (Phi) is 8.34. The predicted octanol–water partition coefficient (Wildman–Crippen LogP) is 3.72. The van der Waals surface area contributed by atoms with Crippen LogP contribution in [0, 0.1) is 16.1 Å². The molecule has 1 saturated heterocycles. The van der Waals surface area contributed by atoms with Gasteiger partial charge in [0, 0.05) is 35.4 Å². The Hall–Kier alpha value is -4.18. The molecule has 1 aliphatic rings. The molecule has 3 rings (SSSR count). The van der Waals surface area contributed by atoms with E-state index in [0.29, 0.717) is 22.6 Å². The van der Waals surface area contributed by atoms with Gasteiger partial charge in [0.25, 0.3) is 0 Å². The van der Waals surface area contributed by atoms with Gasteiger partial charge in [-0.15, -0.1) is 0 Å². The fraction of sp³-hybridized carbons (Fsp3) is 0.292. The number of piperidine rings is 1. The molecule has 0 aliphatic carbocycles. The van der Waals surface area contributed by atoms with Gasteiger partial charge in [-0.05, 0) is 37.3 Å². The van der Waals surface area contributed by atoms with E-state index in [4.69, 9.17) is 9.52 Å². The Morgan fingerprint density at radius 3 is 2.78 bits per heavy atom. The number of anilines is 1. The third-order valence-corrected chi connectivity index (χ3v) is 6.64. The highest BCUT2D eigenvalue weighted by molar-refractivity contribution is 7.95. The first kappa shape index (κ1) is 27.4. The summed E-state index contributed by atoms with van der Waals surface area (Å²) >= 11 is 0. The van der Waals surface area contributed by atoms with Crippen LogP contribution in [0.3, 0.4) is 0 Å².